The van der Waals surface area contributed by atoms with E-state index in [2.05, 4.69) is 5.32 Å². The van der Waals surface area contributed by atoms with Gasteiger partial charge in [-0.3, -0.25) is 9.59 Å². The first-order valence-corrected chi connectivity index (χ1v) is 10.9. The van der Waals surface area contributed by atoms with Gasteiger partial charge in [0.25, 0.3) is 0 Å². The third kappa shape index (κ3) is 7.87. The maximum absolute atomic E-state index is 13.3. The first-order chi connectivity index (χ1) is 15.3. The predicted octanol–water partition coefficient (Wildman–Crippen LogP) is 4.33. The minimum atomic E-state index is -0.649. The Morgan fingerprint density at radius 2 is 1.66 bits per heavy atom. The molecule has 0 aliphatic rings. The van der Waals surface area contributed by atoms with Gasteiger partial charge in [0.1, 0.15) is 23.4 Å². The largest absolute Gasteiger partial charge is 0.497 e. The lowest BCUT2D eigenvalue weighted by Crippen LogP contribution is -2.49. The average Bonchev–Trinajstić information content (AvgIpc) is 2.81. The summed E-state index contributed by atoms with van der Waals surface area (Å²) >= 11 is 0. The number of hydrogen-bond donors (Lipinski definition) is 1. The van der Waals surface area contributed by atoms with Gasteiger partial charge >= 0.3 is 0 Å². The Morgan fingerprint density at radius 3 is 2.25 bits per heavy atom. The molecule has 0 fully saturated rings. The summed E-state index contributed by atoms with van der Waals surface area (Å²) in [4.78, 5) is 27.2. The zero-order chi connectivity index (χ0) is 23.5. The van der Waals surface area contributed by atoms with E-state index < -0.39 is 6.04 Å². The fraction of sp³-hybridized carbons (Fsp3) is 0.440. The molecule has 0 saturated carbocycles. The molecule has 2 aromatic carbocycles. The molecule has 0 radical (unpaired) electrons. The lowest BCUT2D eigenvalue weighted by Gasteiger charge is -2.29. The minimum absolute atomic E-state index is 0.0191. The molecule has 0 heterocycles. The van der Waals surface area contributed by atoms with Gasteiger partial charge < -0.3 is 19.7 Å². The molecule has 7 heteroatoms. The van der Waals surface area contributed by atoms with Crippen molar-refractivity contribution >= 4 is 11.8 Å². The number of ether oxygens (including phenoxy) is 2. The zero-order valence-electron chi connectivity index (χ0n) is 19.3. The molecule has 0 saturated heterocycles. The lowest BCUT2D eigenvalue weighted by molar-refractivity contribution is -0.141. The molecule has 1 N–H and O–H groups in total. The number of benzene rings is 2. The summed E-state index contributed by atoms with van der Waals surface area (Å²) in [6, 6.07) is 12.6. The Kier molecular flexibility index (Phi) is 9.98. The smallest absolute Gasteiger partial charge is 0.242 e. The van der Waals surface area contributed by atoms with Gasteiger partial charge in [-0.2, -0.15) is 0 Å². The molecule has 174 valence electrons. The van der Waals surface area contributed by atoms with Crippen LogP contribution in [-0.2, 0) is 16.1 Å². The molecule has 0 spiro atoms. The Morgan fingerprint density at radius 1 is 1.03 bits per heavy atom. The van der Waals surface area contributed by atoms with Crippen LogP contribution in [0.5, 0.6) is 11.5 Å². The third-order valence-corrected chi connectivity index (χ3v) is 5.30. The van der Waals surface area contributed by atoms with Gasteiger partial charge in [0.15, 0.2) is 0 Å². The Hall–Kier alpha value is -3.09. The Labute approximate surface area is 189 Å². The van der Waals surface area contributed by atoms with Gasteiger partial charge in [0, 0.05) is 19.0 Å². The molecule has 0 aliphatic carbocycles. The Bertz CT molecular complexity index is 855. The summed E-state index contributed by atoms with van der Waals surface area (Å²) in [6.07, 6.45) is 1.54. The molecule has 2 rings (SSSR count). The second kappa shape index (κ2) is 12.7. The van der Waals surface area contributed by atoms with Crippen LogP contribution < -0.4 is 14.8 Å². The topological polar surface area (TPSA) is 67.9 Å². The number of methoxy groups -OCH3 is 1. The number of carbonyl (C=O) groups excluding carboxylic acids is 2. The SMILES string of the molecule is CC[C@@H](C)NC(=O)[C@@H](C)N(Cc1ccc(F)cc1)C(=O)CCCOc1ccc(OC)cc1. The molecular weight excluding hydrogens is 411 g/mol. The number of halogens is 1. The molecule has 0 bridgehead atoms. The van der Waals surface area contributed by atoms with Crippen LogP contribution in [0, 0.1) is 5.82 Å². The van der Waals surface area contributed by atoms with E-state index in [1.54, 1.807) is 31.1 Å². The Balaban J connectivity index is 1.98. The van der Waals surface area contributed by atoms with Crippen molar-refractivity contribution < 1.29 is 23.5 Å². The third-order valence-electron chi connectivity index (χ3n) is 5.30. The van der Waals surface area contributed by atoms with Gasteiger partial charge in [-0.15, -0.1) is 0 Å². The summed E-state index contributed by atoms with van der Waals surface area (Å²) in [7, 11) is 1.60. The van der Waals surface area contributed by atoms with E-state index in [9.17, 15) is 14.0 Å². The van der Waals surface area contributed by atoms with E-state index in [-0.39, 0.29) is 36.6 Å². The molecule has 2 atom stereocenters. The van der Waals surface area contributed by atoms with Crippen molar-refractivity contribution in [3.05, 3.63) is 59.9 Å². The minimum Gasteiger partial charge on any atom is -0.497 e. The van der Waals surface area contributed by atoms with Crippen LogP contribution in [0.2, 0.25) is 0 Å². The van der Waals surface area contributed by atoms with E-state index in [0.717, 1.165) is 17.7 Å². The molecule has 2 aromatic rings. The highest BCUT2D eigenvalue weighted by Gasteiger charge is 2.26. The fourth-order valence-electron chi connectivity index (χ4n) is 3.06. The van der Waals surface area contributed by atoms with Crippen molar-refractivity contribution in [2.75, 3.05) is 13.7 Å². The highest BCUT2D eigenvalue weighted by Crippen LogP contribution is 2.18. The van der Waals surface area contributed by atoms with Crippen molar-refractivity contribution in [3.63, 3.8) is 0 Å². The van der Waals surface area contributed by atoms with E-state index in [1.165, 1.54) is 12.1 Å². The van der Waals surface area contributed by atoms with Gasteiger partial charge in [-0.1, -0.05) is 19.1 Å². The summed E-state index contributed by atoms with van der Waals surface area (Å²) in [6.45, 7) is 6.23. The van der Waals surface area contributed by atoms with E-state index in [1.807, 2.05) is 38.1 Å². The number of nitrogens with zero attached hydrogens (tertiary/aromatic N) is 1. The van der Waals surface area contributed by atoms with Gasteiger partial charge in [0.2, 0.25) is 11.8 Å². The van der Waals surface area contributed by atoms with E-state index in [0.29, 0.717) is 18.8 Å². The molecule has 2 amide bonds. The van der Waals surface area contributed by atoms with Gasteiger partial charge in [-0.05, 0) is 68.7 Å². The number of hydrogen-bond acceptors (Lipinski definition) is 4. The maximum atomic E-state index is 13.3. The first-order valence-electron chi connectivity index (χ1n) is 10.9. The second-order valence-corrected chi connectivity index (χ2v) is 7.77. The van der Waals surface area contributed by atoms with Crippen LogP contribution in [0.25, 0.3) is 0 Å². The average molecular weight is 445 g/mol. The summed E-state index contributed by atoms with van der Waals surface area (Å²) < 4.78 is 24.1. The summed E-state index contributed by atoms with van der Waals surface area (Å²) in [5.74, 6) is 0.741. The fourth-order valence-corrected chi connectivity index (χ4v) is 3.06. The van der Waals surface area contributed by atoms with Crippen LogP contribution in [-0.4, -0.2) is 42.5 Å². The van der Waals surface area contributed by atoms with Gasteiger partial charge in [-0.25, -0.2) is 4.39 Å². The quantitative estimate of drug-likeness (QED) is 0.495. The molecule has 0 aliphatic heterocycles. The van der Waals surface area contributed by atoms with Crippen LogP contribution in [0.15, 0.2) is 48.5 Å². The van der Waals surface area contributed by atoms with Crippen molar-refractivity contribution in [2.45, 2.75) is 58.7 Å². The number of rotatable bonds is 12. The van der Waals surface area contributed by atoms with E-state index >= 15 is 0 Å². The van der Waals surface area contributed by atoms with Crippen molar-refractivity contribution in [2.24, 2.45) is 0 Å². The zero-order valence-corrected chi connectivity index (χ0v) is 19.3. The molecule has 0 unspecified atom stereocenters. The van der Waals surface area contributed by atoms with Crippen LogP contribution >= 0.6 is 0 Å². The van der Waals surface area contributed by atoms with E-state index in [4.69, 9.17) is 9.47 Å². The predicted molar refractivity (Wildman–Crippen MR) is 122 cm³/mol. The standard InChI is InChI=1S/C25H33FN2O4/c1-5-18(2)27-25(30)19(3)28(17-20-8-10-21(26)11-9-20)24(29)7-6-16-32-23-14-12-22(31-4)13-15-23/h8-15,18-19H,5-7,16-17H2,1-4H3,(H,27,30)/t18-,19-/m1/s1. The van der Waals surface area contributed by atoms with Crippen LogP contribution in [0.4, 0.5) is 4.39 Å². The molecule has 6 nitrogen and oxygen atoms in total. The molecule has 32 heavy (non-hydrogen) atoms. The number of carbonyl (C=O) groups is 2. The van der Waals surface area contributed by atoms with Crippen molar-refractivity contribution in [3.8, 4) is 11.5 Å². The lowest BCUT2D eigenvalue weighted by atomic mass is 10.1. The van der Waals surface area contributed by atoms with Crippen LogP contribution in [0.1, 0.15) is 45.6 Å². The number of nitrogens with one attached hydrogen (secondary N) is 1. The highest BCUT2D eigenvalue weighted by molar-refractivity contribution is 5.87. The monoisotopic (exact) mass is 444 g/mol. The van der Waals surface area contributed by atoms with Crippen LogP contribution in [0.3, 0.4) is 0 Å². The van der Waals surface area contributed by atoms with Crippen molar-refractivity contribution in [1.82, 2.24) is 10.2 Å². The summed E-state index contributed by atoms with van der Waals surface area (Å²) in [5, 5.41) is 2.93. The maximum Gasteiger partial charge on any atom is 0.242 e. The summed E-state index contributed by atoms with van der Waals surface area (Å²) in [5.41, 5.74) is 0.762. The molecular formula is C25H33FN2O4. The van der Waals surface area contributed by atoms with Crippen molar-refractivity contribution in [1.29, 1.82) is 0 Å². The number of amides is 2. The first kappa shape index (κ1) is 25.2. The normalized spacial score (nSPS) is 12.5. The second-order valence-electron chi connectivity index (χ2n) is 7.77. The van der Waals surface area contributed by atoms with Gasteiger partial charge in [0.05, 0.1) is 13.7 Å². The highest BCUT2D eigenvalue weighted by atomic mass is 19.1. The molecule has 0 aromatic heterocycles.